The second kappa shape index (κ2) is 3.81. The molecule has 0 saturated heterocycles. The Labute approximate surface area is 92.2 Å². The van der Waals surface area contributed by atoms with Crippen molar-refractivity contribution < 1.29 is 19.4 Å². The number of aromatic hydroxyl groups is 1. The first-order chi connectivity index (χ1) is 7.65. The number of ether oxygens (including phenoxy) is 1. The van der Waals surface area contributed by atoms with E-state index in [0.717, 1.165) is 6.08 Å². The van der Waals surface area contributed by atoms with E-state index in [9.17, 15) is 14.7 Å². The number of hydrogen-bond acceptors (Lipinski definition) is 4. The van der Waals surface area contributed by atoms with E-state index in [4.69, 9.17) is 4.74 Å². The van der Waals surface area contributed by atoms with Gasteiger partial charge in [-0.25, -0.2) is 0 Å². The van der Waals surface area contributed by atoms with E-state index in [0.29, 0.717) is 12.4 Å². The topological polar surface area (TPSA) is 63.6 Å². The molecule has 0 bridgehead atoms. The maximum atomic E-state index is 11.6. The zero-order valence-corrected chi connectivity index (χ0v) is 8.69. The van der Waals surface area contributed by atoms with Gasteiger partial charge in [0.2, 0.25) is 0 Å². The maximum absolute atomic E-state index is 11.6. The van der Waals surface area contributed by atoms with Gasteiger partial charge in [0.1, 0.15) is 11.5 Å². The van der Waals surface area contributed by atoms with Crippen LogP contribution in [0.3, 0.4) is 0 Å². The number of phenolic OH excluding ortho intramolecular Hbond substituents is 1. The zero-order chi connectivity index (χ0) is 11.7. The molecule has 16 heavy (non-hydrogen) atoms. The van der Waals surface area contributed by atoms with E-state index >= 15 is 0 Å². The van der Waals surface area contributed by atoms with Crippen molar-refractivity contribution in [3.8, 4) is 11.5 Å². The first-order valence-corrected chi connectivity index (χ1v) is 4.90. The molecule has 0 fully saturated rings. The van der Waals surface area contributed by atoms with E-state index in [2.05, 4.69) is 0 Å². The van der Waals surface area contributed by atoms with Gasteiger partial charge in [-0.05, 0) is 31.2 Å². The highest BCUT2D eigenvalue weighted by atomic mass is 16.5. The number of rotatable bonds is 2. The highest BCUT2D eigenvalue weighted by Crippen LogP contribution is 2.33. The maximum Gasteiger partial charge on any atom is 0.190 e. The average Bonchev–Trinajstić information content (AvgIpc) is 2.26. The van der Waals surface area contributed by atoms with Crippen LogP contribution in [0, 0.1) is 0 Å². The van der Waals surface area contributed by atoms with Crippen LogP contribution >= 0.6 is 0 Å². The molecule has 1 aromatic carbocycles. The Kier molecular flexibility index (Phi) is 2.48. The van der Waals surface area contributed by atoms with Crippen LogP contribution in [0.4, 0.5) is 0 Å². The van der Waals surface area contributed by atoms with Crippen molar-refractivity contribution in [3.63, 3.8) is 0 Å². The Hall–Kier alpha value is -2.10. The SMILES string of the molecule is CCOc1ccc(O)c2c1C(=O)C=CC2=O. The van der Waals surface area contributed by atoms with Gasteiger partial charge < -0.3 is 9.84 Å². The normalized spacial score (nSPS) is 13.8. The Morgan fingerprint density at radius 2 is 1.75 bits per heavy atom. The minimum absolute atomic E-state index is 0.0263. The first kappa shape index (κ1) is 10.4. The van der Waals surface area contributed by atoms with Gasteiger partial charge in [0.15, 0.2) is 11.6 Å². The molecule has 0 spiro atoms. The summed E-state index contributed by atoms with van der Waals surface area (Å²) in [5.74, 6) is -0.568. The second-order valence-corrected chi connectivity index (χ2v) is 3.33. The summed E-state index contributed by atoms with van der Waals surface area (Å²) < 4.78 is 5.26. The van der Waals surface area contributed by atoms with E-state index in [1.807, 2.05) is 0 Å². The van der Waals surface area contributed by atoms with Crippen LogP contribution in [0.25, 0.3) is 0 Å². The summed E-state index contributed by atoms with van der Waals surface area (Å²) >= 11 is 0. The van der Waals surface area contributed by atoms with Crippen molar-refractivity contribution >= 4 is 11.6 Å². The lowest BCUT2D eigenvalue weighted by Crippen LogP contribution is -2.13. The summed E-state index contributed by atoms with van der Waals surface area (Å²) in [6.07, 6.45) is 2.34. The molecule has 0 unspecified atom stereocenters. The molecular weight excluding hydrogens is 208 g/mol. The highest BCUT2D eigenvalue weighted by Gasteiger charge is 2.26. The fourth-order valence-corrected chi connectivity index (χ4v) is 1.66. The lowest BCUT2D eigenvalue weighted by Gasteiger charge is -2.15. The van der Waals surface area contributed by atoms with Crippen LogP contribution in [-0.4, -0.2) is 23.3 Å². The first-order valence-electron chi connectivity index (χ1n) is 4.90. The van der Waals surface area contributed by atoms with Crippen LogP contribution in [0.1, 0.15) is 27.6 Å². The van der Waals surface area contributed by atoms with Gasteiger partial charge in [0.25, 0.3) is 0 Å². The van der Waals surface area contributed by atoms with Gasteiger partial charge in [-0.15, -0.1) is 0 Å². The van der Waals surface area contributed by atoms with Crippen molar-refractivity contribution in [1.82, 2.24) is 0 Å². The predicted molar refractivity (Wildman–Crippen MR) is 57.1 cm³/mol. The Bertz CT molecular complexity index is 500. The summed E-state index contributed by atoms with van der Waals surface area (Å²) in [5.41, 5.74) is 0.174. The molecule has 0 heterocycles. The smallest absolute Gasteiger partial charge is 0.190 e. The van der Waals surface area contributed by atoms with Gasteiger partial charge in [-0.3, -0.25) is 9.59 Å². The standard InChI is InChI=1S/C12H10O4/c1-2-16-10-6-5-8(14)11-7(13)3-4-9(15)12(10)11/h3-6,14H,2H2,1H3. The van der Waals surface area contributed by atoms with Crippen molar-refractivity contribution in [2.24, 2.45) is 0 Å². The Morgan fingerprint density at radius 1 is 1.12 bits per heavy atom. The number of carbonyl (C=O) groups excluding carboxylic acids is 2. The van der Waals surface area contributed by atoms with Crippen LogP contribution in [0.2, 0.25) is 0 Å². The number of hydrogen-bond donors (Lipinski definition) is 1. The van der Waals surface area contributed by atoms with Gasteiger partial charge in [0.05, 0.1) is 17.7 Å². The third kappa shape index (κ3) is 1.48. The molecule has 4 nitrogen and oxygen atoms in total. The van der Waals surface area contributed by atoms with Crippen molar-refractivity contribution in [2.75, 3.05) is 6.61 Å². The van der Waals surface area contributed by atoms with Crippen LogP contribution in [-0.2, 0) is 0 Å². The number of carbonyl (C=O) groups is 2. The molecule has 82 valence electrons. The number of phenols is 1. The third-order valence-electron chi connectivity index (χ3n) is 2.32. The quantitative estimate of drug-likeness (QED) is 0.821. The van der Waals surface area contributed by atoms with Crippen molar-refractivity contribution in [2.45, 2.75) is 6.92 Å². The summed E-state index contributed by atoms with van der Waals surface area (Å²) in [6, 6.07) is 2.84. The molecule has 0 aliphatic heterocycles. The highest BCUT2D eigenvalue weighted by molar-refractivity contribution is 6.24. The molecule has 2 rings (SSSR count). The van der Waals surface area contributed by atoms with E-state index < -0.39 is 0 Å². The number of fused-ring (bicyclic) bond motifs is 1. The Balaban J connectivity index is 2.68. The lowest BCUT2D eigenvalue weighted by atomic mass is 9.93. The molecule has 0 atom stereocenters. The molecule has 4 heteroatoms. The van der Waals surface area contributed by atoms with Gasteiger partial charge in [0, 0.05) is 0 Å². The largest absolute Gasteiger partial charge is 0.507 e. The van der Waals surface area contributed by atoms with Crippen LogP contribution < -0.4 is 4.74 Å². The minimum Gasteiger partial charge on any atom is -0.507 e. The molecule has 1 aromatic rings. The zero-order valence-electron chi connectivity index (χ0n) is 8.69. The van der Waals surface area contributed by atoms with E-state index in [-0.39, 0.29) is 28.4 Å². The van der Waals surface area contributed by atoms with Gasteiger partial charge in [-0.1, -0.05) is 0 Å². The van der Waals surface area contributed by atoms with Crippen LogP contribution in [0.15, 0.2) is 24.3 Å². The number of allylic oxidation sites excluding steroid dienone is 2. The molecule has 1 aliphatic rings. The fourth-order valence-electron chi connectivity index (χ4n) is 1.66. The van der Waals surface area contributed by atoms with E-state index in [1.165, 1.54) is 18.2 Å². The fraction of sp³-hybridized carbons (Fsp3) is 0.167. The van der Waals surface area contributed by atoms with Gasteiger partial charge >= 0.3 is 0 Å². The predicted octanol–water partition coefficient (Wildman–Crippen LogP) is 1.73. The summed E-state index contributed by atoms with van der Waals surface area (Å²) in [6.45, 7) is 2.17. The number of ketones is 2. The molecule has 1 N–H and O–H groups in total. The van der Waals surface area contributed by atoms with Crippen LogP contribution in [0.5, 0.6) is 11.5 Å². The molecule has 0 radical (unpaired) electrons. The minimum atomic E-state index is -0.381. The summed E-state index contributed by atoms with van der Waals surface area (Å²) in [7, 11) is 0. The molecular formula is C12H10O4. The van der Waals surface area contributed by atoms with E-state index in [1.54, 1.807) is 6.92 Å². The molecule has 0 saturated carbocycles. The number of benzene rings is 1. The third-order valence-corrected chi connectivity index (χ3v) is 2.32. The van der Waals surface area contributed by atoms with Gasteiger partial charge in [-0.2, -0.15) is 0 Å². The van der Waals surface area contributed by atoms with Crippen molar-refractivity contribution in [3.05, 3.63) is 35.4 Å². The molecule has 1 aliphatic carbocycles. The summed E-state index contributed by atoms with van der Waals surface area (Å²) in [4.78, 5) is 23.2. The molecule has 0 aromatic heterocycles. The monoisotopic (exact) mass is 218 g/mol. The average molecular weight is 218 g/mol. The summed E-state index contributed by atoms with van der Waals surface area (Å²) in [5, 5.41) is 9.57. The lowest BCUT2D eigenvalue weighted by molar-refractivity contribution is 0.0988. The second-order valence-electron chi connectivity index (χ2n) is 3.33. The Morgan fingerprint density at radius 3 is 2.38 bits per heavy atom. The molecule has 0 amide bonds. The van der Waals surface area contributed by atoms with Crippen molar-refractivity contribution in [1.29, 1.82) is 0 Å².